The van der Waals surface area contributed by atoms with E-state index >= 15 is 0 Å². The Kier molecular flexibility index (Phi) is 3.10. The molecule has 0 amide bonds. The molecule has 0 aromatic heterocycles. The Morgan fingerprint density at radius 1 is 1.07 bits per heavy atom. The fraction of sp³-hybridized carbons (Fsp3) is 1.00. The van der Waals surface area contributed by atoms with Gasteiger partial charge >= 0.3 is 0 Å². The number of rotatable bonds is 4. The maximum absolute atomic E-state index is 5.23. The molecule has 2 aliphatic heterocycles. The van der Waals surface area contributed by atoms with Crippen LogP contribution < -0.4 is 0 Å². The number of epoxide rings is 2. The Bertz CT molecular complexity index is 165. The molecule has 0 radical (unpaired) electrons. The summed E-state index contributed by atoms with van der Waals surface area (Å²) in [6, 6.07) is 0. The summed E-state index contributed by atoms with van der Waals surface area (Å²) in [6.45, 7) is 7.86. The zero-order chi connectivity index (χ0) is 10.0. The van der Waals surface area contributed by atoms with E-state index in [1.54, 1.807) is 0 Å². The van der Waals surface area contributed by atoms with Gasteiger partial charge < -0.3 is 14.2 Å². The summed E-state index contributed by atoms with van der Waals surface area (Å²) in [4.78, 5) is 0. The van der Waals surface area contributed by atoms with Gasteiger partial charge in [0.1, 0.15) is 12.2 Å². The highest BCUT2D eigenvalue weighted by Gasteiger charge is 2.30. The van der Waals surface area contributed by atoms with Gasteiger partial charge in [-0.1, -0.05) is 13.8 Å². The van der Waals surface area contributed by atoms with E-state index in [9.17, 15) is 0 Å². The minimum atomic E-state index is 0.392. The molecule has 0 spiro atoms. The first-order valence-corrected chi connectivity index (χ1v) is 5.47. The van der Waals surface area contributed by atoms with Crippen LogP contribution in [0.25, 0.3) is 0 Å². The molecule has 2 heterocycles. The number of hydrogen-bond acceptors (Lipinski definition) is 3. The van der Waals surface area contributed by atoms with Crippen molar-refractivity contribution in [2.45, 2.75) is 38.9 Å². The molecule has 3 rings (SSSR count). The summed E-state index contributed by atoms with van der Waals surface area (Å²) < 4.78 is 15.1. The van der Waals surface area contributed by atoms with E-state index in [0.29, 0.717) is 12.2 Å². The van der Waals surface area contributed by atoms with Crippen molar-refractivity contribution >= 4 is 0 Å². The molecule has 3 fully saturated rings. The molecular weight excluding hydrogens is 180 g/mol. The highest BCUT2D eigenvalue weighted by Crippen LogP contribution is 2.43. The first-order chi connectivity index (χ1) is 6.66. The van der Waals surface area contributed by atoms with Gasteiger partial charge in [-0.2, -0.15) is 0 Å². The Hall–Kier alpha value is -0.120. The summed E-state index contributed by atoms with van der Waals surface area (Å²) in [5.74, 6) is 0. The average Bonchev–Trinajstić information content (AvgIpc) is 2.88. The highest BCUT2D eigenvalue weighted by molar-refractivity contribution is 4.82. The Balaban J connectivity index is 0.000000128. The van der Waals surface area contributed by atoms with Crippen LogP contribution >= 0.6 is 0 Å². The largest absolute Gasteiger partial charge is 0.376 e. The van der Waals surface area contributed by atoms with Crippen LogP contribution in [0.2, 0.25) is 0 Å². The average molecular weight is 200 g/mol. The van der Waals surface area contributed by atoms with Crippen LogP contribution in [0.1, 0.15) is 26.7 Å². The molecule has 1 aliphatic carbocycles. The van der Waals surface area contributed by atoms with E-state index in [1.165, 1.54) is 12.8 Å². The van der Waals surface area contributed by atoms with Gasteiger partial charge in [-0.15, -0.1) is 0 Å². The van der Waals surface area contributed by atoms with Crippen molar-refractivity contribution in [2.24, 2.45) is 5.41 Å². The molecule has 0 N–H and O–H groups in total. The molecular formula is C11H20O3. The first kappa shape index (κ1) is 10.4. The third-order valence-electron chi connectivity index (χ3n) is 2.66. The summed E-state index contributed by atoms with van der Waals surface area (Å²) >= 11 is 0. The maximum Gasteiger partial charge on any atom is 0.104 e. The second-order valence-electron chi connectivity index (χ2n) is 5.11. The van der Waals surface area contributed by atoms with Crippen LogP contribution in [0.15, 0.2) is 0 Å². The Morgan fingerprint density at radius 3 is 1.64 bits per heavy atom. The Morgan fingerprint density at radius 2 is 1.43 bits per heavy atom. The standard InChI is InChI=1S/C6H10O3.C5H10/c1(5-3-8-5)7-2-6-4-9-6;1-5(2)3-4-5/h5-6H,1-4H2;3-4H2,1-2H3. The fourth-order valence-electron chi connectivity index (χ4n) is 0.909. The Labute approximate surface area is 85.7 Å². The predicted octanol–water partition coefficient (Wildman–Crippen LogP) is 1.61. The van der Waals surface area contributed by atoms with Crippen LogP contribution in [0, 0.1) is 5.41 Å². The minimum Gasteiger partial charge on any atom is -0.376 e. The molecule has 3 nitrogen and oxygen atoms in total. The predicted molar refractivity (Wildman–Crippen MR) is 53.3 cm³/mol. The monoisotopic (exact) mass is 200 g/mol. The van der Waals surface area contributed by atoms with Crippen molar-refractivity contribution in [1.82, 2.24) is 0 Å². The lowest BCUT2D eigenvalue weighted by molar-refractivity contribution is 0.102. The van der Waals surface area contributed by atoms with Gasteiger partial charge in [0.25, 0.3) is 0 Å². The SMILES string of the molecule is C(OCC1CO1)C1CO1.CC1(C)CC1. The molecule has 2 saturated heterocycles. The summed E-state index contributed by atoms with van der Waals surface area (Å²) in [5, 5.41) is 0. The van der Waals surface area contributed by atoms with Crippen molar-refractivity contribution in [3.63, 3.8) is 0 Å². The molecule has 1 saturated carbocycles. The molecule has 0 bridgehead atoms. The van der Waals surface area contributed by atoms with Crippen molar-refractivity contribution in [3.05, 3.63) is 0 Å². The molecule has 3 aliphatic rings. The van der Waals surface area contributed by atoms with Crippen LogP contribution in [0.5, 0.6) is 0 Å². The summed E-state index contributed by atoms with van der Waals surface area (Å²) in [6.07, 6.45) is 3.69. The summed E-state index contributed by atoms with van der Waals surface area (Å²) in [7, 11) is 0. The van der Waals surface area contributed by atoms with E-state index in [4.69, 9.17) is 14.2 Å². The van der Waals surface area contributed by atoms with E-state index in [1.807, 2.05) is 0 Å². The van der Waals surface area contributed by atoms with E-state index in [2.05, 4.69) is 13.8 Å². The third kappa shape index (κ3) is 4.94. The highest BCUT2D eigenvalue weighted by atomic mass is 16.6. The molecule has 0 aromatic carbocycles. The smallest absolute Gasteiger partial charge is 0.104 e. The van der Waals surface area contributed by atoms with Crippen molar-refractivity contribution < 1.29 is 14.2 Å². The molecule has 2 unspecified atom stereocenters. The van der Waals surface area contributed by atoms with Crippen molar-refractivity contribution in [3.8, 4) is 0 Å². The quantitative estimate of drug-likeness (QED) is 0.646. The lowest BCUT2D eigenvalue weighted by Crippen LogP contribution is -2.06. The molecule has 82 valence electrons. The van der Waals surface area contributed by atoms with Gasteiger partial charge in [0.15, 0.2) is 0 Å². The van der Waals surface area contributed by atoms with Crippen LogP contribution in [0.3, 0.4) is 0 Å². The molecule has 0 aromatic rings. The van der Waals surface area contributed by atoms with Crippen molar-refractivity contribution in [1.29, 1.82) is 0 Å². The third-order valence-corrected chi connectivity index (χ3v) is 2.66. The van der Waals surface area contributed by atoms with Crippen LogP contribution in [-0.4, -0.2) is 38.6 Å². The second kappa shape index (κ2) is 4.17. The maximum atomic E-state index is 5.23. The van der Waals surface area contributed by atoms with Crippen LogP contribution in [0.4, 0.5) is 0 Å². The van der Waals surface area contributed by atoms with E-state index in [-0.39, 0.29) is 0 Å². The van der Waals surface area contributed by atoms with Crippen molar-refractivity contribution in [2.75, 3.05) is 26.4 Å². The zero-order valence-electron chi connectivity index (χ0n) is 9.12. The van der Waals surface area contributed by atoms with Gasteiger partial charge in [0.05, 0.1) is 26.4 Å². The second-order valence-corrected chi connectivity index (χ2v) is 5.11. The summed E-state index contributed by atoms with van der Waals surface area (Å²) in [5.41, 5.74) is 0.750. The van der Waals surface area contributed by atoms with Gasteiger partial charge in [0.2, 0.25) is 0 Å². The van der Waals surface area contributed by atoms with Crippen LogP contribution in [-0.2, 0) is 14.2 Å². The first-order valence-electron chi connectivity index (χ1n) is 5.47. The minimum absolute atomic E-state index is 0.392. The molecule has 3 heteroatoms. The van der Waals surface area contributed by atoms with Gasteiger partial charge in [0, 0.05) is 0 Å². The number of hydrogen-bond donors (Lipinski definition) is 0. The normalized spacial score (nSPS) is 35.6. The van der Waals surface area contributed by atoms with Gasteiger partial charge in [-0.05, 0) is 18.3 Å². The molecule has 2 atom stereocenters. The van der Waals surface area contributed by atoms with Gasteiger partial charge in [-0.3, -0.25) is 0 Å². The number of ether oxygens (including phenoxy) is 3. The van der Waals surface area contributed by atoms with Gasteiger partial charge in [-0.25, -0.2) is 0 Å². The molecule has 14 heavy (non-hydrogen) atoms. The topological polar surface area (TPSA) is 34.3 Å². The van der Waals surface area contributed by atoms with E-state index < -0.39 is 0 Å². The fourth-order valence-corrected chi connectivity index (χ4v) is 0.909. The lowest BCUT2D eigenvalue weighted by atomic mass is 10.2. The lowest BCUT2D eigenvalue weighted by Gasteiger charge is -1.95. The zero-order valence-corrected chi connectivity index (χ0v) is 9.12. The van der Waals surface area contributed by atoms with E-state index in [0.717, 1.165) is 31.8 Å².